The molecule has 0 bridgehead atoms. The van der Waals surface area contributed by atoms with E-state index in [0.717, 1.165) is 4.47 Å². The van der Waals surface area contributed by atoms with Crippen molar-refractivity contribution in [3.63, 3.8) is 0 Å². The third-order valence-electron chi connectivity index (χ3n) is 2.44. The lowest BCUT2D eigenvalue weighted by molar-refractivity contribution is -0.121. The highest BCUT2D eigenvalue weighted by Crippen LogP contribution is 2.11. The molecule has 0 aliphatic rings. The van der Waals surface area contributed by atoms with Crippen LogP contribution in [0.4, 0.5) is 0 Å². The third kappa shape index (κ3) is 6.88. The maximum atomic E-state index is 11.8. The molecule has 0 fully saturated rings. The first-order chi connectivity index (χ1) is 9.00. The predicted molar refractivity (Wildman–Crippen MR) is 85.0 cm³/mol. The highest BCUT2D eigenvalue weighted by Gasteiger charge is 2.06. The quantitative estimate of drug-likeness (QED) is 0.668. The summed E-state index contributed by atoms with van der Waals surface area (Å²) in [6.45, 7) is 2.63. The monoisotopic (exact) mass is 363 g/mol. The Balaban J connectivity index is 0.00000361. The van der Waals surface area contributed by atoms with Gasteiger partial charge in [-0.2, -0.15) is 0 Å². The molecule has 0 unspecified atom stereocenters. The van der Waals surface area contributed by atoms with Crippen LogP contribution in [0.25, 0.3) is 0 Å². The Hall–Kier alpha value is -1.11. The molecule has 2 amide bonds. The summed E-state index contributed by atoms with van der Waals surface area (Å²) in [7, 11) is 0. The zero-order valence-corrected chi connectivity index (χ0v) is 13.6. The minimum atomic E-state index is -0.503. The summed E-state index contributed by atoms with van der Waals surface area (Å²) in [5.41, 5.74) is 6.01. The molecule has 0 saturated heterocycles. The second-order valence-electron chi connectivity index (χ2n) is 4.20. The Labute approximate surface area is 133 Å². The van der Waals surface area contributed by atoms with Gasteiger partial charge in [0.1, 0.15) is 0 Å². The summed E-state index contributed by atoms with van der Waals surface area (Å²) < 4.78 is 0.865. The van der Waals surface area contributed by atoms with Crippen LogP contribution in [0.1, 0.15) is 23.7 Å². The average molecular weight is 365 g/mol. The molecule has 0 aromatic heterocycles. The van der Waals surface area contributed by atoms with Crippen molar-refractivity contribution in [3.05, 3.63) is 34.3 Å². The number of rotatable bonds is 6. The third-order valence-corrected chi connectivity index (χ3v) is 2.93. The Morgan fingerprint density at radius 3 is 2.55 bits per heavy atom. The van der Waals surface area contributed by atoms with Crippen LogP contribution in [-0.2, 0) is 4.79 Å². The average Bonchev–Trinajstić information content (AvgIpc) is 2.37. The fraction of sp³-hybridized carbons (Fsp3) is 0.385. The van der Waals surface area contributed by atoms with Crippen LogP contribution < -0.4 is 16.4 Å². The summed E-state index contributed by atoms with van der Waals surface area (Å²) in [4.78, 5) is 22.9. The zero-order valence-electron chi connectivity index (χ0n) is 11.2. The van der Waals surface area contributed by atoms with Gasteiger partial charge in [-0.05, 0) is 31.5 Å². The molecular weight excluding hydrogens is 346 g/mol. The van der Waals surface area contributed by atoms with Gasteiger partial charge in [-0.25, -0.2) is 0 Å². The lowest BCUT2D eigenvalue weighted by atomic mass is 10.2. The number of carbonyl (C=O) groups excluding carboxylic acids is 2. The van der Waals surface area contributed by atoms with Gasteiger partial charge in [0.05, 0.1) is 6.04 Å². The van der Waals surface area contributed by atoms with Crippen molar-refractivity contribution in [1.82, 2.24) is 10.6 Å². The van der Waals surface area contributed by atoms with Gasteiger partial charge in [0, 0.05) is 23.1 Å². The number of nitrogens with one attached hydrogen (secondary N) is 2. The number of carbonyl (C=O) groups is 2. The first kappa shape index (κ1) is 18.9. The molecule has 0 radical (unpaired) electrons. The molecule has 0 heterocycles. The molecule has 0 saturated carbocycles. The number of hydrogen-bond acceptors (Lipinski definition) is 3. The van der Waals surface area contributed by atoms with Crippen molar-refractivity contribution in [2.75, 3.05) is 13.1 Å². The van der Waals surface area contributed by atoms with Crippen molar-refractivity contribution in [3.8, 4) is 0 Å². The van der Waals surface area contributed by atoms with Crippen LogP contribution in [-0.4, -0.2) is 30.9 Å². The molecule has 1 rings (SSSR count). The molecule has 0 spiro atoms. The minimum Gasteiger partial charge on any atom is -0.355 e. The first-order valence-electron chi connectivity index (χ1n) is 6.08. The number of hydrogen-bond donors (Lipinski definition) is 3. The summed E-state index contributed by atoms with van der Waals surface area (Å²) in [5, 5.41) is 5.47. The van der Waals surface area contributed by atoms with E-state index in [2.05, 4.69) is 26.6 Å². The summed E-state index contributed by atoms with van der Waals surface area (Å²) in [6, 6.07) is 6.67. The molecule has 7 heteroatoms. The fourth-order valence-corrected chi connectivity index (χ4v) is 1.79. The van der Waals surface area contributed by atoms with E-state index in [9.17, 15) is 9.59 Å². The smallest absolute Gasteiger partial charge is 0.251 e. The van der Waals surface area contributed by atoms with Gasteiger partial charge in [0.25, 0.3) is 5.91 Å². The zero-order chi connectivity index (χ0) is 14.3. The van der Waals surface area contributed by atoms with E-state index >= 15 is 0 Å². The van der Waals surface area contributed by atoms with Crippen molar-refractivity contribution < 1.29 is 9.59 Å². The van der Waals surface area contributed by atoms with Crippen molar-refractivity contribution >= 4 is 40.2 Å². The molecule has 112 valence electrons. The molecule has 0 aliphatic heterocycles. The van der Waals surface area contributed by atoms with E-state index in [4.69, 9.17) is 5.73 Å². The summed E-state index contributed by atoms with van der Waals surface area (Å²) in [6.07, 6.45) is 0.665. The maximum Gasteiger partial charge on any atom is 0.251 e. The predicted octanol–water partition coefficient (Wildman–Crippen LogP) is 1.45. The van der Waals surface area contributed by atoms with Crippen molar-refractivity contribution in [1.29, 1.82) is 0 Å². The van der Waals surface area contributed by atoms with Crippen LogP contribution in [0, 0.1) is 0 Å². The second-order valence-corrected chi connectivity index (χ2v) is 5.12. The van der Waals surface area contributed by atoms with E-state index in [1.165, 1.54) is 0 Å². The van der Waals surface area contributed by atoms with Gasteiger partial charge in [0.2, 0.25) is 5.91 Å². The number of benzene rings is 1. The largest absolute Gasteiger partial charge is 0.355 e. The molecule has 1 atom stereocenters. The summed E-state index contributed by atoms with van der Waals surface area (Å²) in [5.74, 6) is -0.307. The molecular formula is C13H19BrClN3O2. The Morgan fingerprint density at radius 1 is 1.30 bits per heavy atom. The maximum absolute atomic E-state index is 11.8. The van der Waals surface area contributed by atoms with E-state index in [-0.39, 0.29) is 24.2 Å². The Morgan fingerprint density at radius 2 is 1.95 bits per heavy atom. The summed E-state index contributed by atoms with van der Waals surface area (Å²) >= 11 is 3.31. The molecule has 0 aliphatic carbocycles. The highest BCUT2D eigenvalue weighted by atomic mass is 79.9. The van der Waals surface area contributed by atoms with Crippen LogP contribution in [0.5, 0.6) is 0 Å². The second kappa shape index (κ2) is 9.74. The Bertz CT molecular complexity index is 455. The fourth-order valence-electron chi connectivity index (χ4n) is 1.39. The minimum absolute atomic E-state index is 0. The number of halogens is 2. The van der Waals surface area contributed by atoms with E-state index in [1.807, 2.05) is 12.1 Å². The number of nitrogens with two attached hydrogens (primary N) is 1. The van der Waals surface area contributed by atoms with Crippen LogP contribution in [0.3, 0.4) is 0 Å². The van der Waals surface area contributed by atoms with Gasteiger partial charge in [-0.15, -0.1) is 12.4 Å². The van der Waals surface area contributed by atoms with E-state index in [0.29, 0.717) is 25.1 Å². The van der Waals surface area contributed by atoms with Gasteiger partial charge in [-0.3, -0.25) is 9.59 Å². The van der Waals surface area contributed by atoms with E-state index < -0.39 is 6.04 Å². The highest BCUT2D eigenvalue weighted by molar-refractivity contribution is 9.10. The van der Waals surface area contributed by atoms with Gasteiger partial charge < -0.3 is 16.4 Å². The van der Waals surface area contributed by atoms with Crippen molar-refractivity contribution in [2.45, 2.75) is 19.4 Å². The van der Waals surface area contributed by atoms with Crippen LogP contribution in [0.15, 0.2) is 28.7 Å². The van der Waals surface area contributed by atoms with Crippen LogP contribution >= 0.6 is 28.3 Å². The van der Waals surface area contributed by atoms with Gasteiger partial charge in [-0.1, -0.05) is 22.0 Å². The topological polar surface area (TPSA) is 84.2 Å². The normalized spacial score (nSPS) is 11.2. The van der Waals surface area contributed by atoms with Crippen LogP contribution in [0.2, 0.25) is 0 Å². The molecule has 1 aromatic rings. The molecule has 1 aromatic carbocycles. The van der Waals surface area contributed by atoms with Crippen molar-refractivity contribution in [2.24, 2.45) is 5.73 Å². The lowest BCUT2D eigenvalue weighted by Crippen LogP contribution is -2.39. The standard InChI is InChI=1S/C13H18BrN3O2.ClH/c1-9(15)12(18)16-6-3-7-17-13(19)10-4-2-5-11(14)8-10;/h2,4-5,8-9H,3,6-7,15H2,1H3,(H,16,18)(H,17,19);1H/t9-;/m0./s1. The van der Waals surface area contributed by atoms with Gasteiger partial charge >= 0.3 is 0 Å². The molecule has 20 heavy (non-hydrogen) atoms. The number of amides is 2. The SMILES string of the molecule is C[C@H](N)C(=O)NCCCNC(=O)c1cccc(Br)c1.Cl. The lowest BCUT2D eigenvalue weighted by Gasteiger charge is -2.08. The van der Waals surface area contributed by atoms with Gasteiger partial charge in [0.15, 0.2) is 0 Å². The van der Waals surface area contributed by atoms with E-state index in [1.54, 1.807) is 19.1 Å². The Kier molecular flexibility index (Phi) is 9.20. The molecule has 4 N–H and O–H groups in total. The first-order valence-corrected chi connectivity index (χ1v) is 6.87. The molecule has 5 nitrogen and oxygen atoms in total.